The highest BCUT2D eigenvalue weighted by Gasteiger charge is 2.16. The molecule has 2 aromatic heterocycles. The van der Waals surface area contributed by atoms with E-state index in [9.17, 15) is 9.18 Å². The first-order valence-corrected chi connectivity index (χ1v) is 6.66. The number of halogens is 1. The molecule has 0 aliphatic rings. The zero-order chi connectivity index (χ0) is 15.9. The van der Waals surface area contributed by atoms with Crippen molar-refractivity contribution in [2.24, 2.45) is 0 Å². The summed E-state index contributed by atoms with van der Waals surface area (Å²) in [5.74, 6) is -0.446. The number of aryl methyl sites for hydroxylation is 2. The zero-order valence-corrected chi connectivity index (χ0v) is 12.0. The fraction of sp³-hybridized carbons (Fsp3) is 0.200. The van der Waals surface area contributed by atoms with Crippen LogP contribution in [0.25, 0.3) is 17.2 Å². The van der Waals surface area contributed by atoms with Gasteiger partial charge in [-0.3, -0.25) is 4.79 Å². The minimum atomic E-state index is -0.925. The van der Waals surface area contributed by atoms with Gasteiger partial charge in [-0.1, -0.05) is 0 Å². The molecule has 2 heterocycles. The second kappa shape index (κ2) is 5.18. The molecule has 0 spiro atoms. The lowest BCUT2D eigenvalue weighted by atomic mass is 10.1. The van der Waals surface area contributed by atoms with Crippen LogP contribution in [-0.4, -0.2) is 30.7 Å². The number of aromatic nitrogens is 4. The Labute approximate surface area is 125 Å². The largest absolute Gasteiger partial charge is 0.481 e. The van der Waals surface area contributed by atoms with Crippen molar-refractivity contribution in [2.75, 3.05) is 0 Å². The van der Waals surface area contributed by atoms with Gasteiger partial charge in [0.2, 0.25) is 0 Å². The number of hydrogen-bond acceptors (Lipinski definition) is 4. The van der Waals surface area contributed by atoms with Crippen LogP contribution in [0.3, 0.4) is 0 Å². The van der Waals surface area contributed by atoms with Gasteiger partial charge in [-0.2, -0.15) is 4.98 Å². The highest BCUT2D eigenvalue weighted by molar-refractivity contribution is 5.71. The summed E-state index contributed by atoms with van der Waals surface area (Å²) in [6.07, 6.45) is -0.119. The maximum Gasteiger partial charge on any atom is 0.307 e. The van der Waals surface area contributed by atoms with Gasteiger partial charge in [0.1, 0.15) is 5.82 Å². The number of carboxylic acid groups (broad SMARTS) is 1. The van der Waals surface area contributed by atoms with Crippen LogP contribution in [0, 0.1) is 19.7 Å². The van der Waals surface area contributed by atoms with E-state index in [0.717, 1.165) is 0 Å². The fourth-order valence-electron chi connectivity index (χ4n) is 2.34. The van der Waals surface area contributed by atoms with E-state index in [1.54, 1.807) is 26.0 Å². The summed E-state index contributed by atoms with van der Waals surface area (Å²) in [7, 11) is 0. The molecular weight excluding hydrogens is 287 g/mol. The first-order chi connectivity index (χ1) is 10.5. The molecule has 0 radical (unpaired) electrons. The van der Waals surface area contributed by atoms with E-state index < -0.39 is 5.97 Å². The smallest absolute Gasteiger partial charge is 0.307 e. The molecule has 22 heavy (non-hydrogen) atoms. The number of carboxylic acids is 1. The first kappa shape index (κ1) is 14.1. The number of aliphatic carboxylic acids is 1. The molecule has 0 saturated carbocycles. The quantitative estimate of drug-likeness (QED) is 0.802. The van der Waals surface area contributed by atoms with Crippen LogP contribution in [0.15, 0.2) is 24.3 Å². The highest BCUT2D eigenvalue weighted by atomic mass is 19.1. The van der Waals surface area contributed by atoms with Crippen LogP contribution < -0.4 is 0 Å². The number of benzene rings is 1. The Kier molecular flexibility index (Phi) is 3.32. The number of fused-ring (bicyclic) bond motifs is 1. The van der Waals surface area contributed by atoms with Crippen LogP contribution in [0.2, 0.25) is 0 Å². The highest BCUT2D eigenvalue weighted by Crippen LogP contribution is 2.19. The molecule has 3 rings (SSSR count). The van der Waals surface area contributed by atoms with E-state index in [4.69, 9.17) is 5.11 Å². The van der Waals surface area contributed by atoms with Gasteiger partial charge in [-0.15, -0.1) is 5.10 Å². The summed E-state index contributed by atoms with van der Waals surface area (Å²) in [5.41, 5.74) is 2.59. The number of hydrogen-bond donors (Lipinski definition) is 1. The number of nitrogens with zero attached hydrogens (tertiary/aromatic N) is 4. The third-order valence-corrected chi connectivity index (χ3v) is 3.48. The standard InChI is InChI=1S/C15H13FN4O2/c1-8-12(7-13(21)22)9(2)20-15(17-8)18-14(19-20)10-3-5-11(16)6-4-10/h3-6H,7H2,1-2H3,(H,21,22). The van der Waals surface area contributed by atoms with Gasteiger partial charge in [0.25, 0.3) is 5.78 Å². The Morgan fingerprint density at radius 3 is 2.55 bits per heavy atom. The Bertz CT molecular complexity index is 871. The summed E-state index contributed by atoms with van der Waals surface area (Å²) in [5, 5.41) is 13.3. The van der Waals surface area contributed by atoms with E-state index >= 15 is 0 Å². The lowest BCUT2D eigenvalue weighted by Gasteiger charge is -2.07. The van der Waals surface area contributed by atoms with Gasteiger partial charge in [0.05, 0.1) is 6.42 Å². The Hall–Kier alpha value is -2.83. The van der Waals surface area contributed by atoms with Gasteiger partial charge < -0.3 is 5.11 Å². The average molecular weight is 300 g/mol. The molecule has 0 saturated heterocycles. The van der Waals surface area contributed by atoms with Crippen LogP contribution in [0.4, 0.5) is 4.39 Å². The van der Waals surface area contributed by atoms with E-state index in [1.165, 1.54) is 16.6 Å². The maximum absolute atomic E-state index is 13.0. The van der Waals surface area contributed by atoms with Gasteiger partial charge in [0, 0.05) is 22.5 Å². The van der Waals surface area contributed by atoms with E-state index in [1.807, 2.05) is 0 Å². The third-order valence-electron chi connectivity index (χ3n) is 3.48. The van der Waals surface area contributed by atoms with Crippen LogP contribution >= 0.6 is 0 Å². The van der Waals surface area contributed by atoms with Crippen molar-refractivity contribution in [3.05, 3.63) is 47.0 Å². The normalized spacial score (nSPS) is 11.0. The number of carbonyl (C=O) groups is 1. The van der Waals surface area contributed by atoms with Gasteiger partial charge in [-0.25, -0.2) is 13.9 Å². The second-order valence-corrected chi connectivity index (χ2v) is 4.99. The van der Waals surface area contributed by atoms with E-state index in [2.05, 4.69) is 15.1 Å². The molecule has 7 heteroatoms. The van der Waals surface area contributed by atoms with Crippen molar-refractivity contribution in [1.29, 1.82) is 0 Å². The van der Waals surface area contributed by atoms with Crippen molar-refractivity contribution in [2.45, 2.75) is 20.3 Å². The van der Waals surface area contributed by atoms with Crippen LogP contribution in [-0.2, 0) is 11.2 Å². The minimum absolute atomic E-state index is 0.119. The molecule has 0 aliphatic heterocycles. The monoisotopic (exact) mass is 300 g/mol. The molecular formula is C15H13FN4O2. The number of rotatable bonds is 3. The third kappa shape index (κ3) is 2.41. The van der Waals surface area contributed by atoms with Crippen molar-refractivity contribution < 1.29 is 14.3 Å². The molecule has 6 nitrogen and oxygen atoms in total. The van der Waals surface area contributed by atoms with Crippen LogP contribution in [0.5, 0.6) is 0 Å². The molecule has 0 unspecified atom stereocenters. The predicted octanol–water partition coefficient (Wildman–Crippen LogP) is 2.17. The molecule has 1 N–H and O–H groups in total. The summed E-state index contributed by atoms with van der Waals surface area (Å²) >= 11 is 0. The average Bonchev–Trinajstić information content (AvgIpc) is 2.88. The van der Waals surface area contributed by atoms with Crippen LogP contribution in [0.1, 0.15) is 17.0 Å². The molecule has 1 aromatic carbocycles. The Morgan fingerprint density at radius 2 is 1.91 bits per heavy atom. The molecule has 0 atom stereocenters. The predicted molar refractivity (Wildman–Crippen MR) is 77.0 cm³/mol. The topological polar surface area (TPSA) is 80.4 Å². The lowest BCUT2D eigenvalue weighted by Crippen LogP contribution is -2.10. The van der Waals surface area contributed by atoms with E-state index in [-0.39, 0.29) is 12.2 Å². The summed E-state index contributed by atoms with van der Waals surface area (Å²) in [6, 6.07) is 5.85. The second-order valence-electron chi connectivity index (χ2n) is 4.99. The SMILES string of the molecule is Cc1nc2nc(-c3ccc(F)cc3)nn2c(C)c1CC(=O)O. The summed E-state index contributed by atoms with van der Waals surface area (Å²) < 4.78 is 14.5. The maximum atomic E-state index is 13.0. The zero-order valence-electron chi connectivity index (χ0n) is 12.0. The van der Waals surface area contributed by atoms with Gasteiger partial charge in [-0.05, 0) is 38.1 Å². The summed E-state index contributed by atoms with van der Waals surface area (Å²) in [4.78, 5) is 19.6. The first-order valence-electron chi connectivity index (χ1n) is 6.66. The van der Waals surface area contributed by atoms with Gasteiger partial charge in [0.15, 0.2) is 5.82 Å². The van der Waals surface area contributed by atoms with Gasteiger partial charge >= 0.3 is 5.97 Å². The Balaban J connectivity index is 2.15. The van der Waals surface area contributed by atoms with Crippen molar-refractivity contribution >= 4 is 11.7 Å². The van der Waals surface area contributed by atoms with Crippen molar-refractivity contribution in [1.82, 2.24) is 19.6 Å². The van der Waals surface area contributed by atoms with E-state index in [0.29, 0.717) is 34.1 Å². The fourth-order valence-corrected chi connectivity index (χ4v) is 2.34. The molecule has 0 fully saturated rings. The minimum Gasteiger partial charge on any atom is -0.481 e. The molecule has 112 valence electrons. The summed E-state index contributed by atoms with van der Waals surface area (Å²) in [6.45, 7) is 3.53. The Morgan fingerprint density at radius 1 is 1.23 bits per heavy atom. The van der Waals surface area contributed by atoms with Crippen molar-refractivity contribution in [3.63, 3.8) is 0 Å². The molecule has 3 aromatic rings. The molecule has 0 aliphatic carbocycles. The lowest BCUT2D eigenvalue weighted by molar-refractivity contribution is -0.136. The van der Waals surface area contributed by atoms with Crippen molar-refractivity contribution in [3.8, 4) is 11.4 Å². The molecule has 0 amide bonds. The molecule has 0 bridgehead atoms.